The number of nitrogens with zero attached hydrogens (tertiary/aromatic N) is 2. The number of carbonyl (C=O) groups excluding carboxylic acids is 5. The van der Waals surface area contributed by atoms with E-state index in [0.717, 1.165) is 41.7 Å². The van der Waals surface area contributed by atoms with Crippen molar-refractivity contribution in [3.8, 4) is 0 Å². The van der Waals surface area contributed by atoms with Crippen molar-refractivity contribution in [2.75, 3.05) is 20.1 Å². The molecule has 9 heteroatoms. The van der Waals surface area contributed by atoms with Crippen molar-refractivity contribution in [1.29, 1.82) is 0 Å². The summed E-state index contributed by atoms with van der Waals surface area (Å²) in [7, 11) is 1.49. The van der Waals surface area contributed by atoms with Gasteiger partial charge in [0, 0.05) is 38.0 Å². The van der Waals surface area contributed by atoms with Gasteiger partial charge in [-0.2, -0.15) is 0 Å². The van der Waals surface area contributed by atoms with E-state index in [1.807, 2.05) is 37.3 Å². The van der Waals surface area contributed by atoms with Gasteiger partial charge < -0.3 is 10.6 Å². The van der Waals surface area contributed by atoms with E-state index in [2.05, 4.69) is 10.6 Å². The number of fused-ring (bicyclic) bond motifs is 3. The summed E-state index contributed by atoms with van der Waals surface area (Å²) in [4.78, 5) is 72.4. The smallest absolute Gasteiger partial charge is 0.325 e. The number of urea groups is 1. The van der Waals surface area contributed by atoms with Gasteiger partial charge in [0.05, 0.1) is 11.8 Å². The second-order valence-electron chi connectivity index (χ2n) is 12.3. The van der Waals surface area contributed by atoms with Crippen LogP contribution in [0.2, 0.25) is 0 Å². The Labute approximate surface area is 234 Å². The predicted molar refractivity (Wildman–Crippen MR) is 146 cm³/mol. The van der Waals surface area contributed by atoms with Gasteiger partial charge >= 0.3 is 6.03 Å². The van der Waals surface area contributed by atoms with Crippen LogP contribution in [0.15, 0.2) is 41.5 Å². The molecule has 9 nitrogen and oxygen atoms in total. The fourth-order valence-corrected chi connectivity index (χ4v) is 7.20. The molecular formula is C31H38N4O5. The largest absolute Gasteiger partial charge is 0.354 e. The molecule has 2 heterocycles. The Morgan fingerprint density at radius 3 is 2.20 bits per heavy atom. The minimum absolute atomic E-state index is 0.0620. The quantitative estimate of drug-likeness (QED) is 0.487. The lowest BCUT2D eigenvalue weighted by molar-refractivity contribution is -0.151. The molecule has 0 radical (unpaired) electrons. The molecule has 0 spiro atoms. The maximum absolute atomic E-state index is 14.7. The Bertz CT molecular complexity index is 1280. The summed E-state index contributed by atoms with van der Waals surface area (Å²) in [6.07, 6.45) is 5.40. The van der Waals surface area contributed by atoms with Gasteiger partial charge in [-0.3, -0.25) is 24.1 Å². The molecular weight excluding hydrogens is 508 g/mol. The van der Waals surface area contributed by atoms with Crippen LogP contribution in [0.1, 0.15) is 57.4 Å². The average molecular weight is 547 g/mol. The first kappa shape index (κ1) is 26.7. The Hall–Kier alpha value is -3.49. The van der Waals surface area contributed by atoms with Gasteiger partial charge in [0.25, 0.3) is 5.91 Å². The van der Waals surface area contributed by atoms with E-state index in [4.69, 9.17) is 0 Å². The Morgan fingerprint density at radius 2 is 1.57 bits per heavy atom. The Balaban J connectivity index is 1.56. The molecule has 1 aromatic rings. The number of amides is 6. The van der Waals surface area contributed by atoms with E-state index in [1.54, 1.807) is 0 Å². The first-order valence-electron chi connectivity index (χ1n) is 14.8. The maximum atomic E-state index is 14.7. The standard InChI is InChI=1S/C31H38N4O5/c1-3-21-22-13-14-23-24(28(38)34(2)26(23)36)25(22)31(15-18-7-5-4-6-8-18,29(39)32-16-19-9-10-19)35(27(21)37)30(40)33-17-20-11-12-20/h4-8,19-20,23-25H,3,9-17H2,1-2H3,(H,32,39)(H,33,40)/t23-,24-,25+,31+/m1/s1. The lowest BCUT2D eigenvalue weighted by Crippen LogP contribution is -2.73. The van der Waals surface area contributed by atoms with Crippen LogP contribution in [0.25, 0.3) is 0 Å². The second kappa shape index (κ2) is 10.2. The SMILES string of the molecule is CCC1=C2CC[C@H]3C(=O)N(C)C(=O)[C@H]3[C@H]2[C@@](Cc2ccccc2)(C(=O)NCC2CC2)N(C(=O)NCC2CC2)C1=O. The van der Waals surface area contributed by atoms with Gasteiger partial charge in [0.15, 0.2) is 0 Å². The van der Waals surface area contributed by atoms with Crippen LogP contribution in [0.5, 0.6) is 0 Å². The zero-order valence-electron chi connectivity index (χ0n) is 23.3. The molecule has 0 bridgehead atoms. The van der Waals surface area contributed by atoms with Crippen LogP contribution in [0, 0.1) is 29.6 Å². The lowest BCUT2D eigenvalue weighted by Gasteiger charge is -2.54. The molecule has 4 fully saturated rings. The molecule has 2 aliphatic heterocycles. The highest BCUT2D eigenvalue weighted by atomic mass is 16.2. The molecule has 3 saturated carbocycles. The number of hydrogen-bond donors (Lipinski definition) is 2. The molecule has 6 amide bonds. The topological polar surface area (TPSA) is 116 Å². The van der Waals surface area contributed by atoms with Gasteiger partial charge in [-0.25, -0.2) is 9.69 Å². The first-order valence-corrected chi connectivity index (χ1v) is 14.8. The summed E-state index contributed by atoms with van der Waals surface area (Å²) < 4.78 is 0. The highest BCUT2D eigenvalue weighted by molar-refractivity contribution is 6.12. The molecule has 2 N–H and O–H groups in total. The van der Waals surface area contributed by atoms with Crippen molar-refractivity contribution in [2.45, 2.75) is 63.8 Å². The molecule has 1 aromatic carbocycles. The average Bonchev–Trinajstić information content (AvgIpc) is 3.89. The van der Waals surface area contributed by atoms with Gasteiger partial charge in [0.2, 0.25) is 17.7 Å². The number of benzene rings is 1. The van der Waals surface area contributed by atoms with E-state index in [0.29, 0.717) is 49.8 Å². The molecule has 6 rings (SSSR count). The highest BCUT2D eigenvalue weighted by Crippen LogP contribution is 2.55. The van der Waals surface area contributed by atoms with Gasteiger partial charge in [-0.05, 0) is 62.3 Å². The highest BCUT2D eigenvalue weighted by Gasteiger charge is 2.67. The molecule has 5 aliphatic rings. The normalized spacial score (nSPS) is 29.9. The van der Waals surface area contributed by atoms with E-state index in [9.17, 15) is 24.0 Å². The lowest BCUT2D eigenvalue weighted by atomic mass is 9.57. The number of imide groups is 2. The van der Waals surface area contributed by atoms with Gasteiger partial charge in [-0.1, -0.05) is 42.8 Å². The monoisotopic (exact) mass is 546 g/mol. The first-order chi connectivity index (χ1) is 19.3. The number of carbonyl (C=O) groups is 5. The molecule has 3 aliphatic carbocycles. The summed E-state index contributed by atoms with van der Waals surface area (Å²) in [5, 5.41) is 6.04. The summed E-state index contributed by atoms with van der Waals surface area (Å²) >= 11 is 0. The fraction of sp³-hybridized carbons (Fsp3) is 0.581. The zero-order chi connectivity index (χ0) is 28.2. The third kappa shape index (κ3) is 4.34. The molecule has 0 unspecified atom stereocenters. The van der Waals surface area contributed by atoms with E-state index in [-0.39, 0.29) is 18.2 Å². The molecule has 1 saturated heterocycles. The number of likely N-dealkylation sites (tertiary alicyclic amines) is 1. The Kier molecular flexibility index (Phi) is 6.79. The third-order valence-electron chi connectivity index (χ3n) is 9.67. The molecule has 212 valence electrons. The molecule has 40 heavy (non-hydrogen) atoms. The van der Waals surface area contributed by atoms with E-state index in [1.165, 1.54) is 11.9 Å². The van der Waals surface area contributed by atoms with Crippen LogP contribution in [0.3, 0.4) is 0 Å². The predicted octanol–water partition coefficient (Wildman–Crippen LogP) is 2.80. The second-order valence-corrected chi connectivity index (χ2v) is 12.3. The van der Waals surface area contributed by atoms with Crippen molar-refractivity contribution in [3.05, 3.63) is 47.0 Å². The summed E-state index contributed by atoms with van der Waals surface area (Å²) in [6.45, 7) is 2.76. The van der Waals surface area contributed by atoms with Crippen molar-refractivity contribution in [1.82, 2.24) is 20.4 Å². The number of rotatable bonds is 8. The molecule has 0 aromatic heterocycles. The van der Waals surface area contributed by atoms with E-state index >= 15 is 0 Å². The van der Waals surface area contributed by atoms with Crippen LogP contribution in [0.4, 0.5) is 4.79 Å². The zero-order valence-corrected chi connectivity index (χ0v) is 23.3. The summed E-state index contributed by atoms with van der Waals surface area (Å²) in [5.74, 6) is -2.93. The van der Waals surface area contributed by atoms with Gasteiger partial charge in [-0.15, -0.1) is 0 Å². The van der Waals surface area contributed by atoms with Crippen molar-refractivity contribution < 1.29 is 24.0 Å². The summed E-state index contributed by atoms with van der Waals surface area (Å²) in [6, 6.07) is 8.76. The minimum Gasteiger partial charge on any atom is -0.354 e. The van der Waals surface area contributed by atoms with Gasteiger partial charge in [0.1, 0.15) is 5.54 Å². The van der Waals surface area contributed by atoms with E-state index < -0.39 is 41.1 Å². The molecule has 4 atom stereocenters. The Morgan fingerprint density at radius 1 is 0.925 bits per heavy atom. The van der Waals surface area contributed by atoms with Crippen molar-refractivity contribution >= 4 is 29.7 Å². The van der Waals surface area contributed by atoms with Crippen LogP contribution >= 0.6 is 0 Å². The van der Waals surface area contributed by atoms with Crippen LogP contribution in [-0.4, -0.2) is 65.1 Å². The minimum atomic E-state index is -1.70. The van der Waals surface area contributed by atoms with Crippen LogP contribution in [-0.2, 0) is 25.6 Å². The third-order valence-corrected chi connectivity index (χ3v) is 9.67. The number of hydrogen-bond acceptors (Lipinski definition) is 5. The maximum Gasteiger partial charge on any atom is 0.325 e. The number of nitrogens with one attached hydrogen (secondary N) is 2. The van der Waals surface area contributed by atoms with Crippen molar-refractivity contribution in [3.63, 3.8) is 0 Å². The van der Waals surface area contributed by atoms with Crippen molar-refractivity contribution in [2.24, 2.45) is 29.6 Å². The van der Waals surface area contributed by atoms with Crippen LogP contribution < -0.4 is 10.6 Å². The fourth-order valence-electron chi connectivity index (χ4n) is 7.20. The summed E-state index contributed by atoms with van der Waals surface area (Å²) in [5.41, 5.74) is 0.329.